The Morgan fingerprint density at radius 1 is 0.885 bits per heavy atom. The lowest BCUT2D eigenvalue weighted by Crippen LogP contribution is -2.11. The largest absolute Gasteiger partial charge is 0.490 e. The van der Waals surface area contributed by atoms with Gasteiger partial charge in [-0.1, -0.05) is 0 Å². The lowest BCUT2D eigenvalue weighted by molar-refractivity contribution is -0.136. The number of alkyl halides is 3. The molecule has 0 saturated heterocycles. The standard InChI is InChI=1S/C18H12F4O4/c19-11-1-3-12(4-2-11)24-7-8-25-13-5-6-14-15(18(20,21)22)10-17(23)26-16(14)9-13/h1-6,9-10H,7-8H2. The fourth-order valence-corrected chi connectivity index (χ4v) is 2.32. The van der Waals surface area contributed by atoms with Crippen molar-refractivity contribution in [2.75, 3.05) is 13.2 Å². The highest BCUT2D eigenvalue weighted by atomic mass is 19.4. The number of hydrogen-bond acceptors (Lipinski definition) is 4. The van der Waals surface area contributed by atoms with Crippen LogP contribution in [0, 0.1) is 5.82 Å². The van der Waals surface area contributed by atoms with Gasteiger partial charge >= 0.3 is 11.8 Å². The Kier molecular flexibility index (Phi) is 4.83. The van der Waals surface area contributed by atoms with Gasteiger partial charge in [-0.2, -0.15) is 13.2 Å². The summed E-state index contributed by atoms with van der Waals surface area (Å²) in [5, 5.41) is -0.230. The third kappa shape index (κ3) is 4.14. The van der Waals surface area contributed by atoms with Gasteiger partial charge < -0.3 is 13.9 Å². The van der Waals surface area contributed by atoms with Crippen LogP contribution in [0.25, 0.3) is 11.0 Å². The minimum Gasteiger partial charge on any atom is -0.490 e. The van der Waals surface area contributed by atoms with E-state index in [1.165, 1.54) is 42.5 Å². The van der Waals surface area contributed by atoms with Gasteiger partial charge in [0.1, 0.15) is 36.1 Å². The first-order valence-corrected chi connectivity index (χ1v) is 7.49. The van der Waals surface area contributed by atoms with Crippen LogP contribution in [0.15, 0.2) is 57.7 Å². The van der Waals surface area contributed by atoms with Gasteiger partial charge in [-0.25, -0.2) is 9.18 Å². The first-order chi connectivity index (χ1) is 12.3. The van der Waals surface area contributed by atoms with E-state index in [1.54, 1.807) is 0 Å². The molecule has 2 aromatic carbocycles. The second-order valence-electron chi connectivity index (χ2n) is 5.29. The van der Waals surface area contributed by atoms with Crippen molar-refractivity contribution in [2.45, 2.75) is 6.18 Å². The van der Waals surface area contributed by atoms with Crippen LogP contribution in [0.2, 0.25) is 0 Å². The van der Waals surface area contributed by atoms with Gasteiger partial charge in [-0.15, -0.1) is 0 Å². The normalized spacial score (nSPS) is 11.5. The maximum atomic E-state index is 13.0. The zero-order chi connectivity index (χ0) is 18.7. The van der Waals surface area contributed by atoms with Crippen molar-refractivity contribution in [3.63, 3.8) is 0 Å². The number of benzene rings is 2. The second kappa shape index (κ2) is 7.07. The molecule has 0 aliphatic rings. The fourth-order valence-electron chi connectivity index (χ4n) is 2.32. The number of hydrogen-bond donors (Lipinski definition) is 0. The summed E-state index contributed by atoms with van der Waals surface area (Å²) < 4.78 is 67.3. The lowest BCUT2D eigenvalue weighted by atomic mass is 10.1. The molecule has 0 saturated carbocycles. The number of ether oxygens (including phenoxy) is 2. The molecule has 136 valence electrons. The van der Waals surface area contributed by atoms with Gasteiger partial charge in [-0.05, 0) is 36.4 Å². The third-order valence-corrected chi connectivity index (χ3v) is 3.46. The van der Waals surface area contributed by atoms with Gasteiger partial charge in [0, 0.05) is 17.5 Å². The van der Waals surface area contributed by atoms with Crippen LogP contribution < -0.4 is 15.1 Å². The number of fused-ring (bicyclic) bond motifs is 1. The van der Waals surface area contributed by atoms with E-state index in [9.17, 15) is 22.4 Å². The van der Waals surface area contributed by atoms with Crippen molar-refractivity contribution in [3.05, 3.63) is 70.3 Å². The zero-order valence-corrected chi connectivity index (χ0v) is 13.2. The van der Waals surface area contributed by atoms with E-state index in [-0.39, 0.29) is 35.7 Å². The SMILES string of the molecule is O=c1cc(C(F)(F)F)c2ccc(OCCOc3ccc(F)cc3)cc2o1. The molecule has 26 heavy (non-hydrogen) atoms. The summed E-state index contributed by atoms with van der Waals surface area (Å²) in [6.07, 6.45) is -4.67. The molecule has 0 atom stereocenters. The Morgan fingerprint density at radius 2 is 1.50 bits per heavy atom. The van der Waals surface area contributed by atoms with Crippen molar-refractivity contribution >= 4 is 11.0 Å². The Labute approximate surface area is 144 Å². The topological polar surface area (TPSA) is 48.7 Å². The summed E-state index contributed by atoms with van der Waals surface area (Å²) in [5.41, 5.74) is -2.38. The monoisotopic (exact) mass is 368 g/mol. The number of halogens is 4. The molecule has 3 rings (SSSR count). The predicted molar refractivity (Wildman–Crippen MR) is 84.9 cm³/mol. The van der Waals surface area contributed by atoms with E-state index in [1.807, 2.05) is 0 Å². The molecule has 4 nitrogen and oxygen atoms in total. The van der Waals surface area contributed by atoms with Gasteiger partial charge in [0.25, 0.3) is 0 Å². The van der Waals surface area contributed by atoms with Gasteiger partial charge in [0.05, 0.1) is 5.56 Å². The van der Waals surface area contributed by atoms with Crippen molar-refractivity contribution < 1.29 is 31.5 Å². The van der Waals surface area contributed by atoms with Gasteiger partial charge in [0.15, 0.2) is 0 Å². The van der Waals surface area contributed by atoms with Crippen LogP contribution in [0.1, 0.15) is 5.56 Å². The summed E-state index contributed by atoms with van der Waals surface area (Å²) in [4.78, 5) is 11.3. The maximum absolute atomic E-state index is 13.0. The summed E-state index contributed by atoms with van der Waals surface area (Å²) in [6, 6.07) is 9.56. The van der Waals surface area contributed by atoms with Crippen LogP contribution in [0.5, 0.6) is 11.5 Å². The molecular formula is C18H12F4O4. The highest BCUT2D eigenvalue weighted by Gasteiger charge is 2.33. The Morgan fingerprint density at radius 3 is 2.15 bits per heavy atom. The van der Waals surface area contributed by atoms with Crippen LogP contribution in [0.3, 0.4) is 0 Å². The summed E-state index contributed by atoms with van der Waals surface area (Å²) in [5.74, 6) is 0.293. The quantitative estimate of drug-likeness (QED) is 0.380. The average Bonchev–Trinajstić information content (AvgIpc) is 2.58. The fraction of sp³-hybridized carbons (Fsp3) is 0.167. The smallest absolute Gasteiger partial charge is 0.417 e. The molecule has 0 spiro atoms. The minimum atomic E-state index is -4.67. The highest BCUT2D eigenvalue weighted by molar-refractivity contribution is 5.82. The molecule has 1 aromatic heterocycles. The molecule has 0 aliphatic heterocycles. The molecular weight excluding hydrogens is 356 g/mol. The van der Waals surface area contributed by atoms with Crippen molar-refractivity contribution in [1.82, 2.24) is 0 Å². The van der Waals surface area contributed by atoms with Crippen molar-refractivity contribution in [1.29, 1.82) is 0 Å². The molecule has 0 radical (unpaired) electrons. The predicted octanol–water partition coefficient (Wildman–Crippen LogP) is 4.41. The maximum Gasteiger partial charge on any atom is 0.417 e. The first-order valence-electron chi connectivity index (χ1n) is 7.49. The third-order valence-electron chi connectivity index (χ3n) is 3.46. The molecule has 0 amide bonds. The van der Waals surface area contributed by atoms with Crippen LogP contribution in [0.4, 0.5) is 17.6 Å². The first kappa shape index (κ1) is 17.8. The molecule has 3 aromatic rings. The second-order valence-corrected chi connectivity index (χ2v) is 5.29. The van der Waals surface area contributed by atoms with Crippen LogP contribution in [-0.4, -0.2) is 13.2 Å². The summed E-state index contributed by atoms with van der Waals surface area (Å²) in [6.45, 7) is 0.224. The minimum absolute atomic E-state index is 0.0894. The molecule has 0 unspecified atom stereocenters. The molecule has 0 N–H and O–H groups in total. The van der Waals surface area contributed by atoms with E-state index < -0.39 is 17.4 Å². The number of rotatable bonds is 5. The summed E-state index contributed by atoms with van der Waals surface area (Å²) >= 11 is 0. The van der Waals surface area contributed by atoms with E-state index in [4.69, 9.17) is 13.9 Å². The lowest BCUT2D eigenvalue weighted by Gasteiger charge is -2.11. The molecule has 0 fully saturated rings. The molecule has 0 bridgehead atoms. The Hall–Kier alpha value is -3.03. The Balaban J connectivity index is 1.69. The molecule has 8 heteroatoms. The van der Waals surface area contributed by atoms with E-state index in [0.717, 1.165) is 0 Å². The van der Waals surface area contributed by atoms with E-state index >= 15 is 0 Å². The van der Waals surface area contributed by atoms with Crippen molar-refractivity contribution in [3.8, 4) is 11.5 Å². The van der Waals surface area contributed by atoms with Crippen LogP contribution in [-0.2, 0) is 6.18 Å². The zero-order valence-electron chi connectivity index (χ0n) is 13.2. The highest BCUT2D eigenvalue weighted by Crippen LogP contribution is 2.34. The molecule has 1 heterocycles. The van der Waals surface area contributed by atoms with Gasteiger partial charge in [-0.3, -0.25) is 0 Å². The average molecular weight is 368 g/mol. The summed E-state index contributed by atoms with van der Waals surface area (Å²) in [7, 11) is 0. The van der Waals surface area contributed by atoms with Crippen molar-refractivity contribution in [2.24, 2.45) is 0 Å². The van der Waals surface area contributed by atoms with E-state index in [2.05, 4.69) is 0 Å². The van der Waals surface area contributed by atoms with Crippen LogP contribution >= 0.6 is 0 Å². The van der Waals surface area contributed by atoms with E-state index in [0.29, 0.717) is 11.8 Å². The van der Waals surface area contributed by atoms with Gasteiger partial charge in [0.2, 0.25) is 0 Å². The Bertz CT molecular complexity index is 962. The molecule has 0 aliphatic carbocycles.